The Kier molecular flexibility index (Phi) is 6.56. The van der Waals surface area contributed by atoms with Crippen LogP contribution in [0.4, 0.5) is 5.69 Å². The number of hydrogen-bond donors (Lipinski definition) is 1. The maximum absolute atomic E-state index is 12.9. The number of carbonyl (C=O) groups excluding carboxylic acids is 3. The van der Waals surface area contributed by atoms with Crippen LogP contribution in [0.2, 0.25) is 0 Å². The fourth-order valence-corrected chi connectivity index (χ4v) is 2.90. The van der Waals surface area contributed by atoms with Crippen molar-refractivity contribution in [3.63, 3.8) is 0 Å². The first-order valence-electron chi connectivity index (χ1n) is 8.77. The number of nitrogens with one attached hydrogen (secondary N) is 1. The molecule has 0 spiro atoms. The first-order chi connectivity index (χ1) is 12.0. The van der Waals surface area contributed by atoms with Gasteiger partial charge in [0.2, 0.25) is 5.91 Å². The molecule has 25 heavy (non-hydrogen) atoms. The second kappa shape index (κ2) is 8.65. The van der Waals surface area contributed by atoms with Gasteiger partial charge >= 0.3 is 5.97 Å². The minimum Gasteiger partial charge on any atom is -0.467 e. The quantitative estimate of drug-likeness (QED) is 0.832. The van der Waals surface area contributed by atoms with Crippen LogP contribution < -0.4 is 5.32 Å². The summed E-state index contributed by atoms with van der Waals surface area (Å²) in [5, 5.41) is 2.83. The first-order valence-corrected chi connectivity index (χ1v) is 8.77. The number of benzene rings is 1. The molecule has 2 rings (SSSR count). The molecule has 136 valence electrons. The summed E-state index contributed by atoms with van der Waals surface area (Å²) in [6.45, 7) is 4.34. The van der Waals surface area contributed by atoms with Gasteiger partial charge in [-0.1, -0.05) is 19.9 Å². The Hall–Kier alpha value is -2.37. The smallest absolute Gasteiger partial charge is 0.328 e. The minimum atomic E-state index is -0.537. The average molecular weight is 346 g/mol. The molecule has 2 atom stereocenters. The van der Waals surface area contributed by atoms with E-state index in [1.54, 1.807) is 29.2 Å². The normalized spacial score (nSPS) is 18.4. The molecule has 6 nitrogen and oxygen atoms in total. The molecule has 2 amide bonds. The molecule has 0 aliphatic carbocycles. The van der Waals surface area contributed by atoms with Crippen molar-refractivity contribution in [3.8, 4) is 0 Å². The number of hydrogen-bond acceptors (Lipinski definition) is 4. The highest BCUT2D eigenvalue weighted by Crippen LogP contribution is 2.22. The fourth-order valence-electron chi connectivity index (χ4n) is 2.90. The predicted octanol–water partition coefficient (Wildman–Crippen LogP) is 2.84. The Morgan fingerprint density at radius 3 is 2.76 bits per heavy atom. The van der Waals surface area contributed by atoms with E-state index in [-0.39, 0.29) is 23.7 Å². The topological polar surface area (TPSA) is 75.7 Å². The van der Waals surface area contributed by atoms with Gasteiger partial charge in [0.25, 0.3) is 5.91 Å². The predicted molar refractivity (Wildman–Crippen MR) is 95.2 cm³/mol. The van der Waals surface area contributed by atoms with Crippen molar-refractivity contribution >= 4 is 23.5 Å². The number of rotatable bonds is 5. The van der Waals surface area contributed by atoms with Crippen LogP contribution in [-0.4, -0.2) is 42.4 Å². The van der Waals surface area contributed by atoms with Gasteiger partial charge in [-0.3, -0.25) is 9.59 Å². The molecule has 1 aliphatic rings. The molecular formula is C19H26N2O4. The fraction of sp³-hybridized carbons (Fsp3) is 0.526. The van der Waals surface area contributed by atoms with E-state index >= 15 is 0 Å². The lowest BCUT2D eigenvalue weighted by Gasteiger charge is -2.33. The lowest BCUT2D eigenvalue weighted by atomic mass is 10.0. The van der Waals surface area contributed by atoms with Crippen LogP contribution in [0.1, 0.15) is 49.9 Å². The van der Waals surface area contributed by atoms with Crippen LogP contribution in [0.3, 0.4) is 0 Å². The molecule has 1 heterocycles. The van der Waals surface area contributed by atoms with Crippen molar-refractivity contribution < 1.29 is 19.1 Å². The molecule has 1 aliphatic heterocycles. The highest BCUT2D eigenvalue weighted by atomic mass is 16.5. The molecule has 1 N–H and O–H groups in total. The van der Waals surface area contributed by atoms with Crippen molar-refractivity contribution in [3.05, 3.63) is 29.8 Å². The molecule has 0 aromatic heterocycles. The first kappa shape index (κ1) is 19.0. The van der Waals surface area contributed by atoms with Crippen LogP contribution in [-0.2, 0) is 14.3 Å². The Labute approximate surface area is 148 Å². The number of amides is 2. The van der Waals surface area contributed by atoms with Gasteiger partial charge in [0, 0.05) is 23.7 Å². The van der Waals surface area contributed by atoms with Crippen LogP contribution in [0.25, 0.3) is 0 Å². The maximum atomic E-state index is 12.9. The lowest BCUT2D eigenvalue weighted by molar-refractivity contribution is -0.147. The molecule has 0 saturated carbocycles. The summed E-state index contributed by atoms with van der Waals surface area (Å²) in [7, 11) is 1.34. The van der Waals surface area contributed by atoms with Crippen molar-refractivity contribution in [1.29, 1.82) is 0 Å². The lowest BCUT2D eigenvalue weighted by Crippen LogP contribution is -2.48. The Morgan fingerprint density at radius 1 is 1.32 bits per heavy atom. The van der Waals surface area contributed by atoms with Gasteiger partial charge in [-0.15, -0.1) is 0 Å². The van der Waals surface area contributed by atoms with Crippen LogP contribution >= 0.6 is 0 Å². The number of piperidine rings is 1. The van der Waals surface area contributed by atoms with Crippen LogP contribution in [0.15, 0.2) is 24.3 Å². The van der Waals surface area contributed by atoms with E-state index < -0.39 is 6.04 Å². The molecule has 1 fully saturated rings. The zero-order valence-corrected chi connectivity index (χ0v) is 15.1. The second-order valence-electron chi connectivity index (χ2n) is 6.41. The van der Waals surface area contributed by atoms with E-state index in [4.69, 9.17) is 4.74 Å². The molecule has 1 saturated heterocycles. The number of esters is 1. The third-order valence-electron chi connectivity index (χ3n) is 4.67. The van der Waals surface area contributed by atoms with E-state index in [1.807, 2.05) is 13.8 Å². The number of ether oxygens (including phenoxy) is 1. The minimum absolute atomic E-state index is 0.0718. The summed E-state index contributed by atoms with van der Waals surface area (Å²) in [6, 6.07) is 6.31. The van der Waals surface area contributed by atoms with Crippen LogP contribution in [0, 0.1) is 5.92 Å². The van der Waals surface area contributed by atoms with Crippen molar-refractivity contribution in [2.45, 2.75) is 45.6 Å². The van der Waals surface area contributed by atoms with E-state index in [9.17, 15) is 14.4 Å². The van der Waals surface area contributed by atoms with E-state index in [2.05, 4.69) is 5.32 Å². The third-order valence-corrected chi connectivity index (χ3v) is 4.67. The zero-order valence-electron chi connectivity index (χ0n) is 15.1. The summed E-state index contributed by atoms with van der Waals surface area (Å²) in [5.74, 6) is -0.758. The molecule has 6 heteroatoms. The van der Waals surface area contributed by atoms with Crippen molar-refractivity contribution in [1.82, 2.24) is 4.90 Å². The summed E-state index contributed by atoms with van der Waals surface area (Å²) in [6.07, 6.45) is 3.13. The van der Waals surface area contributed by atoms with Gasteiger partial charge < -0.3 is 15.0 Å². The largest absolute Gasteiger partial charge is 0.467 e. The van der Waals surface area contributed by atoms with Gasteiger partial charge in [-0.25, -0.2) is 4.79 Å². The van der Waals surface area contributed by atoms with E-state index in [1.165, 1.54) is 7.11 Å². The molecule has 1 aromatic carbocycles. The number of carbonyl (C=O) groups is 3. The van der Waals surface area contributed by atoms with Crippen LogP contribution in [0.5, 0.6) is 0 Å². The SMILES string of the molecule is CC[C@@H](C)C(=O)Nc1cccc(C(=O)N2CCCC[C@@H]2C(=O)OC)c1. The highest BCUT2D eigenvalue weighted by Gasteiger charge is 2.33. The molecule has 0 radical (unpaired) electrons. The summed E-state index contributed by atoms with van der Waals surface area (Å²) in [4.78, 5) is 38.4. The summed E-state index contributed by atoms with van der Waals surface area (Å²) < 4.78 is 4.83. The Balaban J connectivity index is 2.17. The van der Waals surface area contributed by atoms with Gasteiger partial charge in [-0.2, -0.15) is 0 Å². The third kappa shape index (κ3) is 4.59. The zero-order chi connectivity index (χ0) is 18.4. The Bertz CT molecular complexity index is 644. The van der Waals surface area contributed by atoms with Crippen molar-refractivity contribution in [2.24, 2.45) is 5.92 Å². The van der Waals surface area contributed by atoms with Gasteiger partial charge in [0.1, 0.15) is 6.04 Å². The second-order valence-corrected chi connectivity index (χ2v) is 6.41. The number of methoxy groups -OCH3 is 1. The Morgan fingerprint density at radius 2 is 2.08 bits per heavy atom. The van der Waals surface area contributed by atoms with Gasteiger partial charge in [0.15, 0.2) is 0 Å². The van der Waals surface area contributed by atoms with Crippen molar-refractivity contribution in [2.75, 3.05) is 19.0 Å². The average Bonchev–Trinajstić information content (AvgIpc) is 2.66. The molecular weight excluding hydrogens is 320 g/mol. The monoisotopic (exact) mass is 346 g/mol. The standard InChI is InChI=1S/C19H26N2O4/c1-4-13(2)17(22)20-15-9-7-8-14(12-15)18(23)21-11-6-5-10-16(21)19(24)25-3/h7-9,12-13,16H,4-6,10-11H2,1-3H3,(H,20,22)/t13-,16-/m1/s1. The molecule has 0 unspecified atom stereocenters. The summed E-state index contributed by atoms with van der Waals surface area (Å²) in [5.41, 5.74) is 1.04. The number of likely N-dealkylation sites (tertiary alicyclic amines) is 1. The molecule has 0 bridgehead atoms. The van der Waals surface area contributed by atoms with E-state index in [0.717, 1.165) is 19.3 Å². The highest BCUT2D eigenvalue weighted by molar-refractivity contribution is 5.99. The van der Waals surface area contributed by atoms with Gasteiger partial charge in [-0.05, 0) is 43.9 Å². The summed E-state index contributed by atoms with van der Waals surface area (Å²) >= 11 is 0. The van der Waals surface area contributed by atoms with E-state index in [0.29, 0.717) is 24.2 Å². The molecule has 1 aromatic rings. The maximum Gasteiger partial charge on any atom is 0.328 e. The number of nitrogens with zero attached hydrogens (tertiary/aromatic N) is 1. The number of anilines is 1. The van der Waals surface area contributed by atoms with Gasteiger partial charge in [0.05, 0.1) is 7.11 Å².